The highest BCUT2D eigenvalue weighted by atomic mass is 35.5. The van der Waals surface area contributed by atoms with E-state index in [2.05, 4.69) is 24.4 Å². The van der Waals surface area contributed by atoms with Gasteiger partial charge in [0.1, 0.15) is 0 Å². The molecule has 2 amide bonds. The summed E-state index contributed by atoms with van der Waals surface area (Å²) in [4.78, 5) is 14.7. The maximum Gasteiger partial charge on any atom is 0.321 e. The number of nitrogens with one attached hydrogen (secondary N) is 1. The number of halogens is 1. The fraction of sp³-hybridized carbons (Fsp3) is 0.409. The molecule has 0 fully saturated rings. The predicted octanol–water partition coefficient (Wildman–Crippen LogP) is 6.31. The minimum absolute atomic E-state index is 0.0580. The maximum atomic E-state index is 12.8. The average molecular weight is 373 g/mol. The molecule has 1 N–H and O–H groups in total. The van der Waals surface area contributed by atoms with Crippen LogP contribution in [-0.4, -0.2) is 24.0 Å². The first-order valence-electron chi connectivity index (χ1n) is 9.46. The predicted molar refractivity (Wildman–Crippen MR) is 111 cm³/mol. The van der Waals surface area contributed by atoms with Crippen molar-refractivity contribution in [2.24, 2.45) is 0 Å². The molecule has 0 saturated heterocycles. The zero-order valence-corrected chi connectivity index (χ0v) is 16.6. The van der Waals surface area contributed by atoms with E-state index in [4.69, 9.17) is 11.6 Å². The summed E-state index contributed by atoms with van der Waals surface area (Å²) in [7, 11) is 0. The van der Waals surface area contributed by atoms with E-state index in [1.807, 2.05) is 42.2 Å². The van der Waals surface area contributed by atoms with Crippen molar-refractivity contribution in [3.63, 3.8) is 0 Å². The molecule has 0 aliphatic heterocycles. The minimum atomic E-state index is -0.0580. The lowest BCUT2D eigenvalue weighted by Crippen LogP contribution is -2.37. The van der Waals surface area contributed by atoms with Crippen LogP contribution in [-0.2, 0) is 6.42 Å². The molecular formula is C22H29ClN2O. The van der Waals surface area contributed by atoms with Crippen LogP contribution in [0.4, 0.5) is 10.5 Å². The zero-order chi connectivity index (χ0) is 18.8. The summed E-state index contributed by atoms with van der Waals surface area (Å²) < 4.78 is 0. The Balaban J connectivity index is 1.97. The first-order valence-corrected chi connectivity index (χ1v) is 9.84. The topological polar surface area (TPSA) is 32.3 Å². The summed E-state index contributed by atoms with van der Waals surface area (Å²) in [5.41, 5.74) is 2.99. The SMILES string of the molecule is CCCCCCN(CCc1ccccc1)C(=O)Nc1ccc(C)c(Cl)c1. The zero-order valence-electron chi connectivity index (χ0n) is 15.8. The van der Waals surface area contributed by atoms with Gasteiger partial charge in [0, 0.05) is 23.8 Å². The number of rotatable bonds is 9. The van der Waals surface area contributed by atoms with Gasteiger partial charge in [0.2, 0.25) is 0 Å². The average Bonchev–Trinajstić information content (AvgIpc) is 2.65. The second-order valence-electron chi connectivity index (χ2n) is 6.68. The fourth-order valence-electron chi connectivity index (χ4n) is 2.83. The Morgan fingerprint density at radius 1 is 1.04 bits per heavy atom. The van der Waals surface area contributed by atoms with Gasteiger partial charge in [0.25, 0.3) is 0 Å². The van der Waals surface area contributed by atoms with E-state index in [9.17, 15) is 4.79 Å². The number of anilines is 1. The van der Waals surface area contributed by atoms with E-state index >= 15 is 0 Å². The summed E-state index contributed by atoms with van der Waals surface area (Å²) in [6.07, 6.45) is 5.45. The number of aryl methyl sites for hydroxylation is 1. The van der Waals surface area contributed by atoms with E-state index in [-0.39, 0.29) is 6.03 Å². The van der Waals surface area contributed by atoms with E-state index in [1.165, 1.54) is 18.4 Å². The Hall–Kier alpha value is -2.00. The smallest absolute Gasteiger partial charge is 0.321 e. The van der Waals surface area contributed by atoms with E-state index in [1.54, 1.807) is 6.07 Å². The largest absolute Gasteiger partial charge is 0.324 e. The number of urea groups is 1. The molecule has 2 aromatic rings. The molecule has 0 radical (unpaired) electrons. The highest BCUT2D eigenvalue weighted by molar-refractivity contribution is 6.31. The molecule has 0 aliphatic carbocycles. The first kappa shape index (κ1) is 20.3. The molecule has 3 nitrogen and oxygen atoms in total. The van der Waals surface area contributed by atoms with Crippen LogP contribution in [0, 0.1) is 6.92 Å². The van der Waals surface area contributed by atoms with Gasteiger partial charge in [-0.05, 0) is 43.0 Å². The van der Waals surface area contributed by atoms with E-state index in [0.717, 1.165) is 37.1 Å². The van der Waals surface area contributed by atoms with Crippen LogP contribution < -0.4 is 5.32 Å². The van der Waals surface area contributed by atoms with Crippen molar-refractivity contribution in [2.75, 3.05) is 18.4 Å². The third-order valence-electron chi connectivity index (χ3n) is 4.51. The quantitative estimate of drug-likeness (QED) is 0.514. The van der Waals surface area contributed by atoms with Crippen LogP contribution >= 0.6 is 11.6 Å². The van der Waals surface area contributed by atoms with Gasteiger partial charge in [0.05, 0.1) is 0 Å². The third kappa shape index (κ3) is 6.72. The summed E-state index contributed by atoms with van der Waals surface area (Å²) in [5, 5.41) is 3.66. The second-order valence-corrected chi connectivity index (χ2v) is 7.08. The standard InChI is InChI=1S/C22H29ClN2O/c1-3-4-5-9-15-25(16-14-19-10-7-6-8-11-19)22(26)24-20-13-12-18(2)21(23)17-20/h6-8,10-13,17H,3-5,9,14-16H2,1-2H3,(H,24,26). The van der Waals surface area contributed by atoms with E-state index < -0.39 is 0 Å². The molecule has 0 bridgehead atoms. The molecule has 0 aromatic heterocycles. The molecule has 0 heterocycles. The Bertz CT molecular complexity index is 688. The van der Waals surface area contributed by atoms with Crippen LogP contribution in [0.1, 0.15) is 43.7 Å². The van der Waals surface area contributed by atoms with Crippen LogP contribution in [0.2, 0.25) is 5.02 Å². The van der Waals surface area contributed by atoms with Crippen LogP contribution in [0.25, 0.3) is 0 Å². The van der Waals surface area contributed by atoms with Crippen molar-refractivity contribution in [3.8, 4) is 0 Å². The normalized spacial score (nSPS) is 10.6. The number of amides is 2. The molecule has 0 saturated carbocycles. The number of hydrogen-bond donors (Lipinski definition) is 1. The Labute approximate surface area is 162 Å². The maximum absolute atomic E-state index is 12.8. The molecule has 0 unspecified atom stereocenters. The number of nitrogens with zero attached hydrogens (tertiary/aromatic N) is 1. The molecule has 0 aliphatic rings. The van der Waals surface area contributed by atoms with Gasteiger partial charge in [-0.2, -0.15) is 0 Å². The van der Waals surface area contributed by atoms with E-state index in [0.29, 0.717) is 11.6 Å². The van der Waals surface area contributed by atoms with Gasteiger partial charge in [-0.3, -0.25) is 0 Å². The fourth-order valence-corrected chi connectivity index (χ4v) is 3.01. The number of carbonyl (C=O) groups is 1. The number of carbonyl (C=O) groups excluding carboxylic acids is 1. The van der Waals surface area contributed by atoms with Gasteiger partial charge < -0.3 is 10.2 Å². The van der Waals surface area contributed by atoms with Crippen molar-refractivity contribution in [1.82, 2.24) is 4.90 Å². The lowest BCUT2D eigenvalue weighted by Gasteiger charge is -2.23. The molecule has 4 heteroatoms. The van der Waals surface area contributed by atoms with Crippen molar-refractivity contribution in [1.29, 1.82) is 0 Å². The van der Waals surface area contributed by atoms with Gasteiger partial charge in [-0.1, -0.05) is 74.2 Å². The lowest BCUT2D eigenvalue weighted by atomic mass is 10.1. The van der Waals surface area contributed by atoms with Gasteiger partial charge in [-0.25, -0.2) is 4.79 Å². The molecule has 2 rings (SSSR count). The highest BCUT2D eigenvalue weighted by Crippen LogP contribution is 2.20. The Kier molecular flexibility index (Phi) is 8.49. The van der Waals surface area contributed by atoms with Crippen LogP contribution in [0.5, 0.6) is 0 Å². The molecule has 0 spiro atoms. The van der Waals surface area contributed by atoms with Gasteiger partial charge in [-0.15, -0.1) is 0 Å². The molecule has 140 valence electrons. The van der Waals surface area contributed by atoms with Crippen molar-refractivity contribution < 1.29 is 4.79 Å². The molecular weight excluding hydrogens is 344 g/mol. The van der Waals surface area contributed by atoms with Crippen LogP contribution in [0.15, 0.2) is 48.5 Å². The minimum Gasteiger partial charge on any atom is -0.324 e. The first-order chi connectivity index (χ1) is 12.6. The number of unbranched alkanes of at least 4 members (excludes halogenated alkanes) is 3. The van der Waals surface area contributed by atoms with Crippen molar-refractivity contribution in [2.45, 2.75) is 46.0 Å². The summed E-state index contributed by atoms with van der Waals surface area (Å²) in [6.45, 7) is 5.63. The number of hydrogen-bond acceptors (Lipinski definition) is 1. The summed E-state index contributed by atoms with van der Waals surface area (Å²) in [6, 6.07) is 15.9. The Morgan fingerprint density at radius 2 is 1.81 bits per heavy atom. The Morgan fingerprint density at radius 3 is 2.50 bits per heavy atom. The number of benzene rings is 2. The highest BCUT2D eigenvalue weighted by Gasteiger charge is 2.14. The van der Waals surface area contributed by atoms with Crippen molar-refractivity contribution >= 4 is 23.3 Å². The summed E-state index contributed by atoms with van der Waals surface area (Å²) in [5.74, 6) is 0. The van der Waals surface area contributed by atoms with Gasteiger partial charge in [0.15, 0.2) is 0 Å². The summed E-state index contributed by atoms with van der Waals surface area (Å²) >= 11 is 6.17. The molecule has 2 aromatic carbocycles. The molecule has 0 atom stereocenters. The molecule has 26 heavy (non-hydrogen) atoms. The monoisotopic (exact) mass is 372 g/mol. The second kappa shape index (κ2) is 10.9. The van der Waals surface area contributed by atoms with Gasteiger partial charge >= 0.3 is 6.03 Å². The third-order valence-corrected chi connectivity index (χ3v) is 4.91. The lowest BCUT2D eigenvalue weighted by molar-refractivity contribution is 0.211. The van der Waals surface area contributed by atoms with Crippen molar-refractivity contribution in [3.05, 3.63) is 64.7 Å². The van der Waals surface area contributed by atoms with Crippen LogP contribution in [0.3, 0.4) is 0 Å².